The summed E-state index contributed by atoms with van der Waals surface area (Å²) in [5, 5.41) is 5.23. The van der Waals surface area contributed by atoms with Gasteiger partial charge in [-0.15, -0.1) is 0 Å². The fourth-order valence-electron chi connectivity index (χ4n) is 3.45. The molecule has 1 rings (SSSR count). The number of amides is 2. The van der Waals surface area contributed by atoms with Gasteiger partial charge in [-0.1, -0.05) is 58.0 Å². The molecule has 0 aliphatic rings. The number of nitrogens with one attached hydrogen (secondary N) is 2. The van der Waals surface area contributed by atoms with E-state index in [9.17, 15) is 18.9 Å². The smallest absolute Gasteiger partial charge is 0.407 e. The molecule has 0 fully saturated rings. The lowest BCUT2D eigenvalue weighted by Gasteiger charge is -2.26. The van der Waals surface area contributed by atoms with Crippen molar-refractivity contribution in [1.29, 1.82) is 0 Å². The number of hydrogen-bond acceptors (Lipinski definition) is 7. The molecule has 10 heteroatoms. The second-order valence-electron chi connectivity index (χ2n) is 9.12. The van der Waals surface area contributed by atoms with Crippen molar-refractivity contribution >= 4 is 25.3 Å². The second kappa shape index (κ2) is 14.8. The Kier molecular flexibility index (Phi) is 12.9. The van der Waals surface area contributed by atoms with E-state index in [0.717, 1.165) is 5.56 Å². The Morgan fingerprint density at radius 3 is 2.12 bits per heavy atom. The van der Waals surface area contributed by atoms with Gasteiger partial charge < -0.3 is 24.6 Å². The molecule has 0 heterocycles. The Morgan fingerprint density at radius 1 is 0.971 bits per heavy atom. The number of ether oxygens (including phenoxy) is 2. The fraction of sp³-hybridized carbons (Fsp3) is 0.625. The van der Waals surface area contributed by atoms with Gasteiger partial charge in [0.15, 0.2) is 0 Å². The SMILES string of the molecule is COC(=O)[C@H](CC(C)C)NC(=O)C(CC(C)C)CP(=O)(CNC(=O)OCc1ccccc1)OC. The predicted octanol–water partition coefficient (Wildman–Crippen LogP) is 4.16. The molecule has 0 saturated carbocycles. The predicted molar refractivity (Wildman–Crippen MR) is 130 cm³/mol. The summed E-state index contributed by atoms with van der Waals surface area (Å²) in [6.45, 7) is 7.85. The van der Waals surface area contributed by atoms with Crippen molar-refractivity contribution in [2.75, 3.05) is 26.7 Å². The number of hydrogen-bond donors (Lipinski definition) is 2. The average Bonchev–Trinajstić information content (AvgIpc) is 2.80. The topological polar surface area (TPSA) is 120 Å². The summed E-state index contributed by atoms with van der Waals surface area (Å²) in [7, 11) is -0.844. The maximum absolute atomic E-state index is 13.3. The lowest BCUT2D eigenvalue weighted by molar-refractivity contribution is -0.146. The van der Waals surface area contributed by atoms with Gasteiger partial charge in [0.05, 0.1) is 13.4 Å². The number of alkyl carbamates (subject to hydrolysis) is 1. The molecule has 2 unspecified atom stereocenters. The van der Waals surface area contributed by atoms with E-state index in [4.69, 9.17) is 14.0 Å². The summed E-state index contributed by atoms with van der Waals surface area (Å²) < 4.78 is 28.6. The third kappa shape index (κ3) is 11.2. The van der Waals surface area contributed by atoms with Gasteiger partial charge in [0.1, 0.15) is 12.6 Å². The van der Waals surface area contributed by atoms with E-state index in [1.54, 1.807) is 0 Å². The van der Waals surface area contributed by atoms with E-state index < -0.39 is 37.3 Å². The molecule has 1 aromatic carbocycles. The van der Waals surface area contributed by atoms with Gasteiger partial charge >= 0.3 is 12.1 Å². The molecule has 1 aromatic rings. The number of methoxy groups -OCH3 is 1. The summed E-state index contributed by atoms with van der Waals surface area (Å²) in [6.07, 6.45) is -0.224. The molecule has 2 amide bonds. The molecular formula is C24H39N2O7P. The van der Waals surface area contributed by atoms with Gasteiger partial charge in [0.25, 0.3) is 0 Å². The maximum atomic E-state index is 13.3. The maximum Gasteiger partial charge on any atom is 0.407 e. The Hall–Kier alpha value is -2.38. The number of benzene rings is 1. The molecule has 0 bridgehead atoms. The van der Waals surface area contributed by atoms with Crippen LogP contribution >= 0.6 is 7.37 Å². The average molecular weight is 499 g/mol. The van der Waals surface area contributed by atoms with Crippen molar-refractivity contribution in [3.8, 4) is 0 Å². The van der Waals surface area contributed by atoms with Gasteiger partial charge in [0.2, 0.25) is 13.3 Å². The van der Waals surface area contributed by atoms with Crippen molar-refractivity contribution in [2.24, 2.45) is 17.8 Å². The normalized spacial score (nSPS) is 14.7. The van der Waals surface area contributed by atoms with Crippen molar-refractivity contribution in [3.63, 3.8) is 0 Å². The van der Waals surface area contributed by atoms with E-state index in [1.807, 2.05) is 58.0 Å². The first-order valence-corrected chi connectivity index (χ1v) is 13.5. The van der Waals surface area contributed by atoms with Crippen LogP contribution in [0.5, 0.6) is 0 Å². The highest BCUT2D eigenvalue weighted by Crippen LogP contribution is 2.47. The molecule has 0 aliphatic carbocycles. The van der Waals surface area contributed by atoms with E-state index in [1.165, 1.54) is 14.2 Å². The number of rotatable bonds is 14. The van der Waals surface area contributed by atoms with Gasteiger partial charge in [-0.05, 0) is 30.2 Å². The Bertz CT molecular complexity index is 830. The highest BCUT2D eigenvalue weighted by Gasteiger charge is 2.34. The quantitative estimate of drug-likeness (QED) is 0.292. The van der Waals surface area contributed by atoms with Crippen LogP contribution in [0, 0.1) is 17.8 Å². The highest BCUT2D eigenvalue weighted by atomic mass is 31.2. The molecule has 2 N–H and O–H groups in total. The minimum absolute atomic E-state index is 0.0765. The van der Waals surface area contributed by atoms with Crippen LogP contribution in [0.3, 0.4) is 0 Å². The van der Waals surface area contributed by atoms with Crippen molar-refractivity contribution in [3.05, 3.63) is 35.9 Å². The first-order chi connectivity index (χ1) is 16.0. The lowest BCUT2D eigenvalue weighted by atomic mass is 9.96. The van der Waals surface area contributed by atoms with Crippen LogP contribution in [0.2, 0.25) is 0 Å². The van der Waals surface area contributed by atoms with Crippen molar-refractivity contribution < 1.29 is 32.9 Å². The molecule has 0 spiro atoms. The molecule has 3 atom stereocenters. The van der Waals surface area contributed by atoms with Gasteiger partial charge in [0, 0.05) is 19.2 Å². The summed E-state index contributed by atoms with van der Waals surface area (Å²) in [5.74, 6) is -1.31. The zero-order valence-corrected chi connectivity index (χ0v) is 21.9. The van der Waals surface area contributed by atoms with Crippen LogP contribution in [0.1, 0.15) is 46.1 Å². The number of carbonyl (C=O) groups is 3. The van der Waals surface area contributed by atoms with Crippen LogP contribution in [0.15, 0.2) is 30.3 Å². The van der Waals surface area contributed by atoms with E-state index in [0.29, 0.717) is 12.8 Å². The van der Waals surface area contributed by atoms with Crippen molar-refractivity contribution in [1.82, 2.24) is 10.6 Å². The zero-order chi connectivity index (χ0) is 25.7. The third-order valence-corrected chi connectivity index (χ3v) is 7.45. The Morgan fingerprint density at radius 2 is 1.59 bits per heavy atom. The summed E-state index contributed by atoms with van der Waals surface area (Å²) in [5.41, 5.74) is 0.822. The van der Waals surface area contributed by atoms with Crippen LogP contribution in [-0.2, 0) is 34.8 Å². The monoisotopic (exact) mass is 498 g/mol. The minimum atomic E-state index is -3.41. The zero-order valence-electron chi connectivity index (χ0n) is 21.0. The van der Waals surface area contributed by atoms with Crippen LogP contribution in [-0.4, -0.2) is 50.7 Å². The number of carbonyl (C=O) groups excluding carboxylic acids is 3. The largest absolute Gasteiger partial charge is 0.467 e. The highest BCUT2D eigenvalue weighted by molar-refractivity contribution is 7.59. The Labute approximate surface area is 202 Å². The lowest BCUT2D eigenvalue weighted by Crippen LogP contribution is -2.46. The molecule has 0 aromatic heterocycles. The van der Waals surface area contributed by atoms with E-state index >= 15 is 0 Å². The molecular weight excluding hydrogens is 459 g/mol. The summed E-state index contributed by atoms with van der Waals surface area (Å²) in [4.78, 5) is 37.3. The third-order valence-electron chi connectivity index (χ3n) is 5.14. The van der Waals surface area contributed by atoms with Crippen molar-refractivity contribution in [2.45, 2.75) is 53.2 Å². The Balaban J connectivity index is 2.80. The minimum Gasteiger partial charge on any atom is -0.467 e. The van der Waals surface area contributed by atoms with Gasteiger partial charge in [-0.2, -0.15) is 0 Å². The molecule has 9 nitrogen and oxygen atoms in total. The van der Waals surface area contributed by atoms with Crippen LogP contribution in [0.25, 0.3) is 0 Å². The van der Waals surface area contributed by atoms with Crippen LogP contribution < -0.4 is 10.6 Å². The second-order valence-corrected chi connectivity index (χ2v) is 11.8. The molecule has 34 heavy (non-hydrogen) atoms. The van der Waals surface area contributed by atoms with E-state index in [2.05, 4.69) is 10.6 Å². The fourth-order valence-corrected chi connectivity index (χ4v) is 5.21. The first-order valence-electron chi connectivity index (χ1n) is 11.5. The molecule has 192 valence electrons. The van der Waals surface area contributed by atoms with Gasteiger partial charge in [-0.25, -0.2) is 9.59 Å². The molecule has 0 saturated heterocycles. The number of esters is 1. The van der Waals surface area contributed by atoms with Gasteiger partial charge in [-0.3, -0.25) is 9.36 Å². The standard InChI is InChI=1S/C24H39N2O7P/c1-17(2)12-20(22(27)26-21(13-18(3)4)23(28)31-5)15-34(30,32-6)16-25-24(29)33-14-19-10-8-7-9-11-19/h7-11,17-18,20-21H,12-16H2,1-6H3,(H,25,29)(H,26,27)/t20?,21-,34?/m0/s1. The molecule has 0 aliphatic heterocycles. The van der Waals surface area contributed by atoms with Crippen LogP contribution in [0.4, 0.5) is 4.79 Å². The first kappa shape index (κ1) is 29.7. The van der Waals surface area contributed by atoms with E-state index in [-0.39, 0.29) is 30.9 Å². The summed E-state index contributed by atoms with van der Waals surface area (Å²) >= 11 is 0. The molecule has 0 radical (unpaired) electrons. The summed E-state index contributed by atoms with van der Waals surface area (Å²) in [6, 6.07) is 8.38.